The van der Waals surface area contributed by atoms with Crippen molar-refractivity contribution in [2.45, 2.75) is 76.7 Å². The third-order valence-corrected chi connectivity index (χ3v) is 7.39. The van der Waals surface area contributed by atoms with Gasteiger partial charge in [0.25, 0.3) is 0 Å². The Kier molecular flexibility index (Phi) is 5.82. The smallest absolute Gasteiger partial charge is 0.225 e. The lowest BCUT2D eigenvalue weighted by Crippen LogP contribution is -2.56. The minimum atomic E-state index is -0.343. The maximum absolute atomic E-state index is 12.6. The summed E-state index contributed by atoms with van der Waals surface area (Å²) in [5, 5.41) is 3.69. The fourth-order valence-electron chi connectivity index (χ4n) is 5.62. The quantitative estimate of drug-likeness (QED) is 0.669. The van der Waals surface area contributed by atoms with E-state index in [1.807, 2.05) is 29.2 Å². The van der Waals surface area contributed by atoms with Gasteiger partial charge in [0, 0.05) is 29.3 Å². The first-order chi connectivity index (χ1) is 14.7. The number of aromatic nitrogens is 1. The largest absolute Gasteiger partial charge is 0.325 e. The van der Waals surface area contributed by atoms with Crippen molar-refractivity contribution in [2.24, 2.45) is 0 Å². The number of halogens is 1. The highest BCUT2D eigenvalue weighted by Gasteiger charge is 2.58. The van der Waals surface area contributed by atoms with E-state index in [9.17, 15) is 9.59 Å². The predicted octanol–water partition coefficient (Wildman–Crippen LogP) is 5.65. The van der Waals surface area contributed by atoms with Crippen molar-refractivity contribution in [1.82, 2.24) is 4.98 Å². The first-order valence-corrected chi connectivity index (χ1v) is 11.5. The van der Waals surface area contributed by atoms with Gasteiger partial charge in [-0.1, -0.05) is 43.0 Å². The number of anilines is 2. The zero-order valence-corrected chi connectivity index (χ0v) is 19.3. The van der Waals surface area contributed by atoms with Crippen molar-refractivity contribution in [3.63, 3.8) is 0 Å². The Bertz CT molecular complexity index is 1010. The third kappa shape index (κ3) is 3.84. The van der Waals surface area contributed by atoms with Gasteiger partial charge in [-0.3, -0.25) is 14.5 Å². The Morgan fingerprint density at radius 2 is 1.90 bits per heavy atom. The zero-order valence-electron chi connectivity index (χ0n) is 18.5. The van der Waals surface area contributed by atoms with E-state index < -0.39 is 0 Å². The second-order valence-electron chi connectivity index (χ2n) is 9.33. The van der Waals surface area contributed by atoms with Gasteiger partial charge in [0.1, 0.15) is 5.82 Å². The second kappa shape index (κ2) is 8.27. The average molecular weight is 440 g/mol. The minimum absolute atomic E-state index is 0.0134. The number of benzene rings is 1. The van der Waals surface area contributed by atoms with Crippen molar-refractivity contribution in [2.75, 3.05) is 10.2 Å². The van der Waals surface area contributed by atoms with Crippen LogP contribution in [0.25, 0.3) is 0 Å². The number of rotatable bonds is 4. The summed E-state index contributed by atoms with van der Waals surface area (Å²) in [6.45, 7) is 5.93. The van der Waals surface area contributed by atoms with Gasteiger partial charge in [-0.25, -0.2) is 4.98 Å². The molecule has 0 bridgehead atoms. The molecule has 31 heavy (non-hydrogen) atoms. The van der Waals surface area contributed by atoms with Crippen LogP contribution in [0.15, 0.2) is 36.5 Å². The summed E-state index contributed by atoms with van der Waals surface area (Å²) in [5.74, 6) is 0.705. The zero-order chi connectivity index (χ0) is 22.2. The highest BCUT2D eigenvalue weighted by Crippen LogP contribution is 2.58. The molecule has 2 aromatic rings. The Balaban J connectivity index is 1.58. The van der Waals surface area contributed by atoms with Gasteiger partial charge in [-0.2, -0.15) is 0 Å². The lowest BCUT2D eigenvalue weighted by molar-refractivity contribution is -0.118. The summed E-state index contributed by atoms with van der Waals surface area (Å²) in [6.07, 6.45) is 8.24. The monoisotopic (exact) mass is 439 g/mol. The molecule has 1 aromatic heterocycles. The summed E-state index contributed by atoms with van der Waals surface area (Å²) in [4.78, 5) is 31.7. The molecular weight excluding hydrogens is 410 g/mol. The van der Waals surface area contributed by atoms with Crippen LogP contribution < -0.4 is 10.2 Å². The van der Waals surface area contributed by atoms with Crippen LogP contribution in [-0.4, -0.2) is 22.3 Å². The van der Waals surface area contributed by atoms with Gasteiger partial charge in [-0.15, -0.1) is 0 Å². The van der Waals surface area contributed by atoms with Crippen molar-refractivity contribution >= 4 is 34.9 Å². The van der Waals surface area contributed by atoms with Crippen molar-refractivity contribution in [3.05, 3.63) is 52.7 Å². The van der Waals surface area contributed by atoms with E-state index in [1.165, 1.54) is 6.42 Å². The van der Waals surface area contributed by atoms with Gasteiger partial charge >= 0.3 is 0 Å². The van der Waals surface area contributed by atoms with Crippen molar-refractivity contribution < 1.29 is 9.59 Å². The molecule has 1 aromatic carbocycles. The molecule has 6 heteroatoms. The van der Waals surface area contributed by atoms with E-state index in [0.717, 1.165) is 42.6 Å². The molecule has 1 N–H and O–H groups in total. The van der Waals surface area contributed by atoms with Crippen LogP contribution >= 0.6 is 11.6 Å². The molecular formula is C25H30ClN3O2. The molecule has 2 amide bonds. The average Bonchev–Trinajstić information content (AvgIpc) is 2.91. The number of nitrogens with zero attached hydrogens (tertiary/aromatic N) is 2. The van der Waals surface area contributed by atoms with E-state index in [0.29, 0.717) is 23.6 Å². The molecule has 5 nitrogen and oxygen atoms in total. The van der Waals surface area contributed by atoms with Crippen LogP contribution in [0.3, 0.4) is 0 Å². The molecule has 2 aliphatic rings. The lowest BCUT2D eigenvalue weighted by atomic mass is 9.61. The number of nitrogens with one attached hydrogen (secondary N) is 1. The van der Waals surface area contributed by atoms with E-state index >= 15 is 0 Å². The number of aryl methyl sites for hydroxylation is 1. The third-order valence-electron chi connectivity index (χ3n) is 7.16. The molecule has 164 valence electrons. The molecule has 1 aliphatic heterocycles. The number of carbonyl (C=O) groups is 2. The number of pyridine rings is 1. The van der Waals surface area contributed by atoms with Crippen molar-refractivity contribution in [1.29, 1.82) is 0 Å². The van der Waals surface area contributed by atoms with Gasteiger partial charge in [-0.05, 0) is 56.9 Å². The van der Waals surface area contributed by atoms with E-state index in [1.54, 1.807) is 13.1 Å². The number of hydrogen-bond donors (Lipinski definition) is 1. The summed E-state index contributed by atoms with van der Waals surface area (Å²) in [7, 11) is 0. The fourth-order valence-corrected chi connectivity index (χ4v) is 5.83. The molecule has 2 heterocycles. The van der Waals surface area contributed by atoms with Crippen LogP contribution in [0.1, 0.15) is 70.4 Å². The highest BCUT2D eigenvalue weighted by atomic mass is 35.5. The first-order valence-electron chi connectivity index (χ1n) is 11.1. The summed E-state index contributed by atoms with van der Waals surface area (Å²) in [5.41, 5.74) is 2.36. The van der Waals surface area contributed by atoms with Crippen LogP contribution in [-0.2, 0) is 21.4 Å². The van der Waals surface area contributed by atoms with Crippen LogP contribution in [0.2, 0.25) is 5.02 Å². The summed E-state index contributed by atoms with van der Waals surface area (Å²) in [6, 6.07) is 9.63. The molecule has 1 saturated carbocycles. The van der Waals surface area contributed by atoms with Gasteiger partial charge in [0.15, 0.2) is 0 Å². The molecule has 1 aliphatic carbocycles. The molecule has 4 rings (SSSR count). The van der Waals surface area contributed by atoms with E-state index in [2.05, 4.69) is 30.2 Å². The molecule has 0 atom stereocenters. The van der Waals surface area contributed by atoms with Crippen LogP contribution in [0, 0.1) is 0 Å². The van der Waals surface area contributed by atoms with Crippen LogP contribution in [0.4, 0.5) is 11.5 Å². The van der Waals surface area contributed by atoms with Gasteiger partial charge in [0.05, 0.1) is 17.4 Å². The van der Waals surface area contributed by atoms with Gasteiger partial charge < -0.3 is 5.32 Å². The summed E-state index contributed by atoms with van der Waals surface area (Å²) < 4.78 is 0. The number of amides is 2. The molecule has 0 radical (unpaired) electrons. The highest BCUT2D eigenvalue weighted by molar-refractivity contribution is 6.30. The van der Waals surface area contributed by atoms with Crippen LogP contribution in [0.5, 0.6) is 0 Å². The topological polar surface area (TPSA) is 62.3 Å². The van der Waals surface area contributed by atoms with Gasteiger partial charge in [0.2, 0.25) is 11.8 Å². The molecule has 1 fully saturated rings. The lowest BCUT2D eigenvalue weighted by Gasteiger charge is -2.47. The number of hydrogen-bond acceptors (Lipinski definition) is 3. The standard InChI is InChI=1S/C25H30ClN3O2/c1-17(30)29-23-21(25(24(29,2)3)12-5-4-6-13-25)15-20(16-27-23)28-22(31)11-10-18-8-7-9-19(26)14-18/h7-9,14-16H,4-6,10-13H2,1-3H3,(H,28,31). The fraction of sp³-hybridized carbons (Fsp3) is 0.480. The Hall–Kier alpha value is -2.40. The Morgan fingerprint density at radius 3 is 2.58 bits per heavy atom. The SMILES string of the molecule is CC(=O)N1c2ncc(NC(=O)CCc3cccc(Cl)c3)cc2C2(CCCCC2)C1(C)C. The summed E-state index contributed by atoms with van der Waals surface area (Å²) >= 11 is 6.04. The molecule has 0 saturated heterocycles. The maximum Gasteiger partial charge on any atom is 0.225 e. The normalized spacial score (nSPS) is 18.6. The van der Waals surface area contributed by atoms with E-state index in [4.69, 9.17) is 11.6 Å². The number of carbonyl (C=O) groups excluding carboxylic acids is 2. The van der Waals surface area contributed by atoms with E-state index in [-0.39, 0.29) is 22.8 Å². The molecule has 1 spiro atoms. The Morgan fingerprint density at radius 1 is 1.16 bits per heavy atom. The first kappa shape index (κ1) is 21.8. The molecule has 0 unspecified atom stereocenters. The minimum Gasteiger partial charge on any atom is -0.325 e. The maximum atomic E-state index is 12.6. The number of fused-ring (bicyclic) bond motifs is 2. The predicted molar refractivity (Wildman–Crippen MR) is 125 cm³/mol. The van der Waals surface area contributed by atoms with Crippen molar-refractivity contribution in [3.8, 4) is 0 Å². The second-order valence-corrected chi connectivity index (χ2v) is 9.77. The Labute approximate surface area is 189 Å².